The highest BCUT2D eigenvalue weighted by atomic mass is 16.7. The van der Waals surface area contributed by atoms with Crippen LogP contribution in [0.2, 0.25) is 0 Å². The first-order valence-electron chi connectivity index (χ1n) is 10.5. The van der Waals surface area contributed by atoms with Gasteiger partial charge in [-0.05, 0) is 36.6 Å². The van der Waals surface area contributed by atoms with Crippen molar-refractivity contribution in [2.24, 2.45) is 0 Å². The molecule has 0 amide bonds. The van der Waals surface area contributed by atoms with Gasteiger partial charge in [0.25, 0.3) is 0 Å². The molecular formula is C23H28N2O4. The molecular weight excluding hydrogens is 368 g/mol. The highest BCUT2D eigenvalue weighted by Gasteiger charge is 2.42. The fourth-order valence-electron chi connectivity index (χ4n) is 4.52. The number of likely N-dealkylation sites (tertiary alicyclic amines) is 1. The first kappa shape index (κ1) is 18.9. The van der Waals surface area contributed by atoms with Gasteiger partial charge in [0.05, 0.1) is 13.7 Å². The third-order valence-electron chi connectivity index (χ3n) is 6.62. The van der Waals surface area contributed by atoms with E-state index in [1.165, 1.54) is 19.3 Å². The van der Waals surface area contributed by atoms with Gasteiger partial charge in [0.2, 0.25) is 11.7 Å². The van der Waals surface area contributed by atoms with Gasteiger partial charge in [0.15, 0.2) is 0 Å². The van der Waals surface area contributed by atoms with Crippen molar-refractivity contribution in [3.8, 4) is 11.6 Å². The molecule has 1 saturated heterocycles. The maximum atomic E-state index is 10.7. The van der Waals surface area contributed by atoms with Crippen molar-refractivity contribution in [2.45, 2.75) is 56.6 Å². The lowest BCUT2D eigenvalue weighted by atomic mass is 9.89. The second-order valence-corrected chi connectivity index (χ2v) is 8.33. The van der Waals surface area contributed by atoms with Crippen LogP contribution < -0.4 is 9.47 Å². The average Bonchev–Trinajstić information content (AvgIpc) is 2.73. The number of hydrogen-bond donors (Lipinski definition) is 1. The molecule has 2 fully saturated rings. The van der Waals surface area contributed by atoms with E-state index in [1.807, 2.05) is 24.3 Å². The molecule has 6 heteroatoms. The van der Waals surface area contributed by atoms with E-state index < -0.39 is 11.9 Å². The normalized spacial score (nSPS) is 22.4. The molecule has 2 aromatic rings. The molecule has 2 aliphatic heterocycles. The van der Waals surface area contributed by atoms with E-state index in [4.69, 9.17) is 14.2 Å². The molecule has 1 atom stereocenters. The van der Waals surface area contributed by atoms with E-state index >= 15 is 0 Å². The number of aromatic nitrogens is 1. The van der Waals surface area contributed by atoms with Crippen LogP contribution in [0, 0.1) is 0 Å². The van der Waals surface area contributed by atoms with E-state index in [9.17, 15) is 5.11 Å². The van der Waals surface area contributed by atoms with Gasteiger partial charge in [-0.2, -0.15) is 0 Å². The molecule has 1 aromatic carbocycles. The van der Waals surface area contributed by atoms with Gasteiger partial charge in [-0.3, -0.25) is 4.90 Å². The number of aliphatic hydroxyl groups excluding tert-OH is 1. The van der Waals surface area contributed by atoms with E-state index in [0.717, 1.165) is 54.4 Å². The minimum atomic E-state index is -0.750. The number of nitrogens with zero attached hydrogens (tertiary/aromatic N) is 2. The standard InChI is InChI=1S/C23H28N2O4/c1-27-21-8-6-17(14-24-21)22(26)16-5-7-20-18(13-16)15-28-23(29-20)9-11-25(12-10-23)19-3-2-4-19/h5-8,13-14,19,22,26H,2-4,9-12,15H2,1H3. The number of benzene rings is 1. The second kappa shape index (κ2) is 7.59. The van der Waals surface area contributed by atoms with Crippen molar-refractivity contribution in [3.63, 3.8) is 0 Å². The van der Waals surface area contributed by atoms with Crippen molar-refractivity contribution in [1.29, 1.82) is 0 Å². The van der Waals surface area contributed by atoms with Crippen molar-refractivity contribution in [1.82, 2.24) is 9.88 Å². The topological polar surface area (TPSA) is 64.0 Å². The lowest BCUT2D eigenvalue weighted by molar-refractivity contribution is -0.231. The number of pyridine rings is 1. The van der Waals surface area contributed by atoms with E-state index in [0.29, 0.717) is 12.5 Å². The quantitative estimate of drug-likeness (QED) is 0.854. The zero-order valence-corrected chi connectivity index (χ0v) is 16.8. The Labute approximate surface area is 171 Å². The van der Waals surface area contributed by atoms with E-state index in [-0.39, 0.29) is 0 Å². The van der Waals surface area contributed by atoms with E-state index in [1.54, 1.807) is 19.4 Å². The summed E-state index contributed by atoms with van der Waals surface area (Å²) in [5.74, 6) is 0.909. The first-order chi connectivity index (χ1) is 14.2. The van der Waals surface area contributed by atoms with Crippen LogP contribution in [0.25, 0.3) is 0 Å². The summed E-state index contributed by atoms with van der Waals surface area (Å²) in [5.41, 5.74) is 2.51. The van der Waals surface area contributed by atoms with Gasteiger partial charge < -0.3 is 19.3 Å². The predicted octanol–water partition coefficient (Wildman–Crippen LogP) is 3.43. The van der Waals surface area contributed by atoms with Gasteiger partial charge >= 0.3 is 0 Å². The van der Waals surface area contributed by atoms with Crippen LogP contribution in [0.4, 0.5) is 0 Å². The molecule has 3 heterocycles. The molecule has 6 nitrogen and oxygen atoms in total. The van der Waals surface area contributed by atoms with Crippen molar-refractivity contribution < 1.29 is 19.3 Å². The molecule has 154 valence electrons. The number of methoxy groups -OCH3 is 1. The molecule has 3 aliphatic rings. The van der Waals surface area contributed by atoms with Crippen LogP contribution in [0.5, 0.6) is 11.6 Å². The van der Waals surface area contributed by atoms with Crippen LogP contribution in [0.15, 0.2) is 36.5 Å². The van der Waals surface area contributed by atoms with Crippen molar-refractivity contribution in [3.05, 3.63) is 53.2 Å². The average molecular weight is 396 g/mol. The van der Waals surface area contributed by atoms with Crippen LogP contribution in [-0.2, 0) is 11.3 Å². The molecule has 29 heavy (non-hydrogen) atoms. The zero-order chi connectivity index (χ0) is 19.8. The Bertz CT molecular complexity index is 858. The molecule has 1 saturated carbocycles. The van der Waals surface area contributed by atoms with Gasteiger partial charge in [0.1, 0.15) is 11.9 Å². The first-order valence-corrected chi connectivity index (χ1v) is 10.5. The Morgan fingerprint density at radius 3 is 2.62 bits per heavy atom. The largest absolute Gasteiger partial charge is 0.481 e. The van der Waals surface area contributed by atoms with Crippen LogP contribution in [-0.4, -0.2) is 47.0 Å². The highest BCUT2D eigenvalue weighted by molar-refractivity contribution is 5.41. The number of rotatable bonds is 4. The summed E-state index contributed by atoms with van der Waals surface area (Å²) in [7, 11) is 1.58. The number of aliphatic hydroxyl groups is 1. The van der Waals surface area contributed by atoms with E-state index in [2.05, 4.69) is 9.88 Å². The monoisotopic (exact) mass is 396 g/mol. The smallest absolute Gasteiger partial charge is 0.213 e. The summed E-state index contributed by atoms with van der Waals surface area (Å²) in [4.78, 5) is 6.78. The Balaban J connectivity index is 1.28. The Hall–Kier alpha value is -2.15. The number of piperidine rings is 1. The molecule has 1 spiro atoms. The molecule has 1 aliphatic carbocycles. The SMILES string of the molecule is COc1ccc(C(O)c2ccc3c(c2)COC2(CCN(C4CCC4)CC2)O3)cn1. The van der Waals surface area contributed by atoms with Crippen LogP contribution in [0.1, 0.15) is 54.9 Å². The lowest BCUT2D eigenvalue weighted by Gasteiger charge is -2.47. The lowest BCUT2D eigenvalue weighted by Crippen LogP contribution is -2.54. The maximum Gasteiger partial charge on any atom is 0.213 e. The summed E-state index contributed by atoms with van der Waals surface area (Å²) >= 11 is 0. The van der Waals surface area contributed by atoms with Gasteiger partial charge in [-0.1, -0.05) is 12.5 Å². The zero-order valence-electron chi connectivity index (χ0n) is 16.8. The summed E-state index contributed by atoms with van der Waals surface area (Å²) in [6.07, 6.45) is 6.75. The molecule has 1 aromatic heterocycles. The van der Waals surface area contributed by atoms with Gasteiger partial charge in [-0.25, -0.2) is 4.98 Å². The summed E-state index contributed by atoms with van der Waals surface area (Å²) in [5, 5.41) is 10.7. The van der Waals surface area contributed by atoms with Gasteiger partial charge in [-0.15, -0.1) is 0 Å². The van der Waals surface area contributed by atoms with Crippen molar-refractivity contribution in [2.75, 3.05) is 20.2 Å². The number of ether oxygens (including phenoxy) is 3. The fraction of sp³-hybridized carbons (Fsp3) is 0.522. The molecule has 0 radical (unpaired) electrons. The minimum absolute atomic E-state index is 0.493. The second-order valence-electron chi connectivity index (χ2n) is 8.33. The summed E-state index contributed by atoms with van der Waals surface area (Å²) in [6, 6.07) is 10.2. The number of fused-ring (bicyclic) bond motifs is 1. The molecule has 5 rings (SSSR count). The Morgan fingerprint density at radius 1 is 1.17 bits per heavy atom. The predicted molar refractivity (Wildman–Crippen MR) is 108 cm³/mol. The summed E-state index contributed by atoms with van der Waals surface area (Å²) in [6.45, 7) is 2.60. The minimum Gasteiger partial charge on any atom is -0.481 e. The third kappa shape index (κ3) is 3.61. The van der Waals surface area contributed by atoms with Crippen LogP contribution >= 0.6 is 0 Å². The molecule has 0 bridgehead atoms. The Morgan fingerprint density at radius 2 is 1.97 bits per heavy atom. The molecule has 1 unspecified atom stereocenters. The maximum absolute atomic E-state index is 10.7. The Kier molecular flexibility index (Phi) is 4.94. The summed E-state index contributed by atoms with van der Waals surface area (Å²) < 4.78 is 17.7. The van der Waals surface area contributed by atoms with Gasteiger partial charge in [0, 0.05) is 55.4 Å². The fourth-order valence-corrected chi connectivity index (χ4v) is 4.52. The third-order valence-corrected chi connectivity index (χ3v) is 6.62. The molecule has 1 N–H and O–H groups in total. The number of hydrogen-bond acceptors (Lipinski definition) is 6. The van der Waals surface area contributed by atoms with Crippen molar-refractivity contribution >= 4 is 0 Å². The van der Waals surface area contributed by atoms with Crippen LogP contribution in [0.3, 0.4) is 0 Å². The highest BCUT2D eigenvalue weighted by Crippen LogP contribution is 2.40.